The first kappa shape index (κ1) is 19.2. The Balaban J connectivity index is 1.44. The molecule has 2 N–H and O–H groups in total. The lowest BCUT2D eigenvalue weighted by molar-refractivity contribution is 0.0858. The zero-order valence-corrected chi connectivity index (χ0v) is 17.3. The SMILES string of the molecule is COc1ccc(C2Nc3c(C(=O)NCC4CCCO4)cccc3C3C=CCC32)cc1. The van der Waals surface area contributed by atoms with Gasteiger partial charge in [0.1, 0.15) is 5.75 Å². The Hall–Kier alpha value is -2.79. The van der Waals surface area contributed by atoms with Gasteiger partial charge in [-0.15, -0.1) is 0 Å². The molecule has 156 valence electrons. The molecule has 1 aliphatic carbocycles. The van der Waals surface area contributed by atoms with Gasteiger partial charge < -0.3 is 20.1 Å². The third kappa shape index (κ3) is 3.47. The van der Waals surface area contributed by atoms with Crippen LogP contribution < -0.4 is 15.4 Å². The fourth-order valence-electron chi connectivity index (χ4n) is 5.06. The van der Waals surface area contributed by atoms with Gasteiger partial charge in [-0.25, -0.2) is 0 Å². The predicted molar refractivity (Wildman–Crippen MR) is 117 cm³/mol. The van der Waals surface area contributed by atoms with E-state index in [-0.39, 0.29) is 18.1 Å². The number of ether oxygens (including phenoxy) is 2. The molecule has 30 heavy (non-hydrogen) atoms. The number of nitrogens with one attached hydrogen (secondary N) is 2. The van der Waals surface area contributed by atoms with E-state index in [1.165, 1.54) is 11.1 Å². The third-order valence-corrected chi connectivity index (χ3v) is 6.63. The van der Waals surface area contributed by atoms with E-state index >= 15 is 0 Å². The number of para-hydroxylation sites is 1. The van der Waals surface area contributed by atoms with Crippen LogP contribution >= 0.6 is 0 Å². The molecule has 4 atom stereocenters. The molecular weight excluding hydrogens is 376 g/mol. The van der Waals surface area contributed by atoms with Crippen LogP contribution in [0.2, 0.25) is 0 Å². The number of allylic oxidation sites excluding steroid dienone is 2. The Morgan fingerprint density at radius 2 is 2.10 bits per heavy atom. The van der Waals surface area contributed by atoms with Gasteiger partial charge in [-0.2, -0.15) is 0 Å². The van der Waals surface area contributed by atoms with E-state index in [4.69, 9.17) is 9.47 Å². The Labute approximate surface area is 177 Å². The first-order chi connectivity index (χ1) is 14.7. The van der Waals surface area contributed by atoms with Crippen molar-refractivity contribution in [1.82, 2.24) is 5.32 Å². The topological polar surface area (TPSA) is 59.6 Å². The van der Waals surface area contributed by atoms with Gasteiger partial charge in [-0.05, 0) is 54.5 Å². The second-order valence-corrected chi connectivity index (χ2v) is 8.36. The highest BCUT2D eigenvalue weighted by Crippen LogP contribution is 2.50. The minimum absolute atomic E-state index is 0.0382. The molecule has 5 nitrogen and oxygen atoms in total. The lowest BCUT2D eigenvalue weighted by atomic mass is 9.76. The second-order valence-electron chi connectivity index (χ2n) is 8.36. The third-order valence-electron chi connectivity index (χ3n) is 6.63. The number of carbonyl (C=O) groups is 1. The molecule has 2 heterocycles. The van der Waals surface area contributed by atoms with Gasteiger partial charge in [0.05, 0.1) is 30.5 Å². The van der Waals surface area contributed by atoms with Gasteiger partial charge in [0.25, 0.3) is 5.91 Å². The van der Waals surface area contributed by atoms with Crippen LogP contribution in [0.25, 0.3) is 0 Å². The number of amides is 1. The zero-order valence-electron chi connectivity index (χ0n) is 17.3. The Morgan fingerprint density at radius 3 is 2.87 bits per heavy atom. The molecule has 2 aromatic rings. The Morgan fingerprint density at radius 1 is 1.23 bits per heavy atom. The Kier molecular flexibility index (Phi) is 5.21. The van der Waals surface area contributed by atoms with E-state index in [9.17, 15) is 4.79 Å². The van der Waals surface area contributed by atoms with Crippen molar-refractivity contribution in [2.75, 3.05) is 25.6 Å². The molecule has 0 radical (unpaired) electrons. The molecule has 0 bridgehead atoms. The van der Waals surface area contributed by atoms with Crippen molar-refractivity contribution in [1.29, 1.82) is 0 Å². The second kappa shape index (κ2) is 8.15. The van der Waals surface area contributed by atoms with Crippen LogP contribution in [0, 0.1) is 5.92 Å². The summed E-state index contributed by atoms with van der Waals surface area (Å²) in [6.07, 6.45) is 7.82. The molecule has 2 aliphatic heterocycles. The molecule has 3 aliphatic rings. The minimum atomic E-state index is -0.0382. The van der Waals surface area contributed by atoms with Crippen molar-refractivity contribution in [2.45, 2.75) is 37.3 Å². The van der Waals surface area contributed by atoms with Crippen molar-refractivity contribution >= 4 is 11.6 Å². The highest BCUT2D eigenvalue weighted by Gasteiger charge is 2.39. The number of benzene rings is 2. The van der Waals surface area contributed by atoms with Crippen LogP contribution in [0.5, 0.6) is 5.75 Å². The average molecular weight is 405 g/mol. The van der Waals surface area contributed by atoms with Crippen LogP contribution in [0.3, 0.4) is 0 Å². The van der Waals surface area contributed by atoms with Crippen molar-refractivity contribution in [3.05, 3.63) is 71.3 Å². The number of methoxy groups -OCH3 is 1. The monoisotopic (exact) mass is 404 g/mol. The van der Waals surface area contributed by atoms with E-state index in [0.717, 1.165) is 37.3 Å². The number of rotatable bonds is 5. The van der Waals surface area contributed by atoms with Crippen LogP contribution in [0.4, 0.5) is 5.69 Å². The maximum absolute atomic E-state index is 13.1. The molecule has 0 saturated carbocycles. The zero-order chi connectivity index (χ0) is 20.5. The Bertz CT molecular complexity index is 947. The summed E-state index contributed by atoms with van der Waals surface area (Å²) in [4.78, 5) is 13.1. The fourth-order valence-corrected chi connectivity index (χ4v) is 5.06. The summed E-state index contributed by atoms with van der Waals surface area (Å²) in [5.74, 6) is 1.57. The maximum atomic E-state index is 13.1. The summed E-state index contributed by atoms with van der Waals surface area (Å²) in [7, 11) is 1.68. The normalized spacial score (nSPS) is 26.6. The van der Waals surface area contributed by atoms with Crippen molar-refractivity contribution in [3.8, 4) is 5.75 Å². The van der Waals surface area contributed by atoms with Crippen LogP contribution in [0.1, 0.15) is 52.7 Å². The standard InChI is InChI=1S/C25H28N2O3/c1-29-17-12-10-16(11-13-17)23-20-7-2-6-19(20)21-8-3-9-22(24(21)27-23)25(28)26-15-18-5-4-14-30-18/h2-3,6,8-13,18-20,23,27H,4-5,7,14-15H2,1H3,(H,26,28). The number of hydrogen-bond donors (Lipinski definition) is 2. The molecule has 5 heteroatoms. The van der Waals surface area contributed by atoms with Crippen molar-refractivity contribution in [2.24, 2.45) is 5.92 Å². The van der Waals surface area contributed by atoms with Gasteiger partial charge in [0.2, 0.25) is 0 Å². The van der Waals surface area contributed by atoms with Crippen LogP contribution in [0.15, 0.2) is 54.6 Å². The fraction of sp³-hybridized carbons (Fsp3) is 0.400. The highest BCUT2D eigenvalue weighted by atomic mass is 16.5. The molecule has 0 spiro atoms. The largest absolute Gasteiger partial charge is 0.497 e. The van der Waals surface area contributed by atoms with Crippen LogP contribution in [-0.2, 0) is 4.74 Å². The van der Waals surface area contributed by atoms with E-state index < -0.39 is 0 Å². The molecule has 2 aromatic carbocycles. The lowest BCUT2D eigenvalue weighted by Crippen LogP contribution is -2.34. The number of fused-ring (bicyclic) bond motifs is 3. The van der Waals surface area contributed by atoms with E-state index in [2.05, 4.69) is 41.0 Å². The van der Waals surface area contributed by atoms with Gasteiger partial charge in [0, 0.05) is 19.1 Å². The van der Waals surface area contributed by atoms with Gasteiger partial charge in [-0.3, -0.25) is 4.79 Å². The van der Waals surface area contributed by atoms with Gasteiger partial charge >= 0.3 is 0 Å². The minimum Gasteiger partial charge on any atom is -0.497 e. The number of anilines is 1. The smallest absolute Gasteiger partial charge is 0.253 e. The highest BCUT2D eigenvalue weighted by molar-refractivity contribution is 6.00. The predicted octanol–water partition coefficient (Wildman–Crippen LogP) is 4.43. The summed E-state index contributed by atoms with van der Waals surface area (Å²) in [5.41, 5.74) is 4.09. The summed E-state index contributed by atoms with van der Waals surface area (Å²) < 4.78 is 11.0. The quantitative estimate of drug-likeness (QED) is 0.724. The van der Waals surface area contributed by atoms with Crippen molar-refractivity contribution in [3.63, 3.8) is 0 Å². The van der Waals surface area contributed by atoms with E-state index in [1.54, 1.807) is 7.11 Å². The van der Waals surface area contributed by atoms with E-state index in [1.807, 2.05) is 24.3 Å². The molecule has 1 saturated heterocycles. The number of hydrogen-bond acceptors (Lipinski definition) is 4. The average Bonchev–Trinajstić information content (AvgIpc) is 3.49. The summed E-state index contributed by atoms with van der Waals surface area (Å²) in [6.45, 7) is 1.36. The summed E-state index contributed by atoms with van der Waals surface area (Å²) in [5, 5.41) is 6.81. The molecule has 0 aromatic heterocycles. The first-order valence-electron chi connectivity index (χ1n) is 10.8. The molecule has 1 amide bonds. The van der Waals surface area contributed by atoms with Gasteiger partial charge in [0.15, 0.2) is 0 Å². The molecule has 4 unspecified atom stereocenters. The molecular formula is C25H28N2O3. The molecule has 5 rings (SSSR count). The first-order valence-corrected chi connectivity index (χ1v) is 10.8. The summed E-state index contributed by atoms with van der Waals surface area (Å²) >= 11 is 0. The van der Waals surface area contributed by atoms with Crippen molar-refractivity contribution < 1.29 is 14.3 Å². The lowest BCUT2D eigenvalue weighted by Gasteiger charge is -2.38. The maximum Gasteiger partial charge on any atom is 0.253 e. The molecule has 1 fully saturated rings. The van der Waals surface area contributed by atoms with Crippen LogP contribution in [-0.4, -0.2) is 32.3 Å². The summed E-state index contributed by atoms with van der Waals surface area (Å²) in [6, 6.07) is 14.5. The van der Waals surface area contributed by atoms with Gasteiger partial charge in [-0.1, -0.05) is 36.4 Å². The van der Waals surface area contributed by atoms with E-state index in [0.29, 0.717) is 23.9 Å². The number of carbonyl (C=O) groups excluding carboxylic acids is 1.